The van der Waals surface area contributed by atoms with Crippen LogP contribution in [-0.2, 0) is 17.6 Å². The minimum Gasteiger partial charge on any atom is -0.354 e. The highest BCUT2D eigenvalue weighted by Gasteiger charge is 2.15. The molecule has 0 aromatic carbocycles. The number of carbonyl (C=O) groups is 1. The molecule has 0 spiro atoms. The third-order valence-corrected chi connectivity index (χ3v) is 4.17. The Morgan fingerprint density at radius 3 is 2.86 bits per heavy atom. The van der Waals surface area contributed by atoms with E-state index in [4.69, 9.17) is 0 Å². The molecule has 5 nitrogen and oxygen atoms in total. The maximum atomic E-state index is 11.8. The number of nitrogens with zero attached hydrogens (tertiary/aromatic N) is 3. The zero-order valence-corrected chi connectivity index (χ0v) is 14.3. The predicted octanol–water partition coefficient (Wildman–Crippen LogP) is 2.74. The average molecular weight is 318 g/mol. The Kier molecular flexibility index (Phi) is 5.13. The Labute approximate surface area is 135 Å². The molecule has 0 aliphatic heterocycles. The highest BCUT2D eigenvalue weighted by molar-refractivity contribution is 7.12. The topological polar surface area (TPSA) is 59.8 Å². The minimum atomic E-state index is -0.00689. The number of nitrogens with one attached hydrogen (secondary N) is 1. The molecule has 0 aliphatic carbocycles. The molecule has 118 valence electrons. The summed E-state index contributed by atoms with van der Waals surface area (Å²) >= 11 is 1.50. The van der Waals surface area contributed by atoms with E-state index in [0.717, 1.165) is 28.6 Å². The summed E-state index contributed by atoms with van der Waals surface area (Å²) in [6, 6.07) is 0.142. The van der Waals surface area contributed by atoms with Gasteiger partial charge in [0.1, 0.15) is 0 Å². The molecule has 2 aromatic heterocycles. The molecule has 0 bridgehead atoms. The van der Waals surface area contributed by atoms with Crippen LogP contribution in [0.3, 0.4) is 0 Å². The van der Waals surface area contributed by atoms with Crippen LogP contribution in [0.4, 0.5) is 0 Å². The molecule has 0 atom stereocenters. The Balaban J connectivity index is 2.20. The number of amides is 1. The van der Waals surface area contributed by atoms with E-state index in [-0.39, 0.29) is 11.9 Å². The van der Waals surface area contributed by atoms with E-state index < -0.39 is 0 Å². The summed E-state index contributed by atoms with van der Waals surface area (Å²) in [6.07, 6.45) is 2.98. The van der Waals surface area contributed by atoms with Gasteiger partial charge < -0.3 is 5.32 Å². The van der Waals surface area contributed by atoms with Gasteiger partial charge in [-0.15, -0.1) is 17.9 Å². The number of aromatic nitrogens is 3. The van der Waals surface area contributed by atoms with E-state index in [9.17, 15) is 4.79 Å². The maximum Gasteiger partial charge on any atom is 0.226 e. The number of allylic oxidation sites excluding steroid dienone is 1. The van der Waals surface area contributed by atoms with Gasteiger partial charge in [0, 0.05) is 22.7 Å². The molecular weight excluding hydrogens is 296 g/mol. The first-order valence-electron chi connectivity index (χ1n) is 7.32. The lowest BCUT2D eigenvalue weighted by Gasteiger charge is -2.06. The van der Waals surface area contributed by atoms with Crippen LogP contribution in [0.1, 0.15) is 36.5 Å². The van der Waals surface area contributed by atoms with Crippen LogP contribution in [0.15, 0.2) is 18.0 Å². The van der Waals surface area contributed by atoms with Crippen LogP contribution in [0.25, 0.3) is 5.13 Å². The fourth-order valence-electron chi connectivity index (χ4n) is 2.31. The third-order valence-electron chi connectivity index (χ3n) is 3.30. The highest BCUT2D eigenvalue weighted by atomic mass is 32.1. The Morgan fingerprint density at radius 2 is 2.23 bits per heavy atom. The Morgan fingerprint density at radius 1 is 1.50 bits per heavy atom. The number of thiazole rings is 1. The van der Waals surface area contributed by atoms with Gasteiger partial charge in [0.2, 0.25) is 11.0 Å². The van der Waals surface area contributed by atoms with Crippen molar-refractivity contribution in [2.75, 3.05) is 0 Å². The summed E-state index contributed by atoms with van der Waals surface area (Å²) in [5, 5.41) is 10.1. The van der Waals surface area contributed by atoms with E-state index in [0.29, 0.717) is 6.42 Å². The van der Waals surface area contributed by atoms with Gasteiger partial charge in [-0.05, 0) is 34.1 Å². The van der Waals surface area contributed by atoms with Gasteiger partial charge in [-0.3, -0.25) is 4.79 Å². The highest BCUT2D eigenvalue weighted by Crippen LogP contribution is 2.21. The monoisotopic (exact) mass is 318 g/mol. The molecule has 0 saturated carbocycles. The normalized spacial score (nSPS) is 11.0. The molecular formula is C16H22N4OS. The van der Waals surface area contributed by atoms with Gasteiger partial charge in [-0.1, -0.05) is 6.08 Å². The van der Waals surface area contributed by atoms with E-state index in [1.807, 2.05) is 43.8 Å². The lowest BCUT2D eigenvalue weighted by Crippen LogP contribution is -2.31. The molecule has 6 heteroatoms. The van der Waals surface area contributed by atoms with Gasteiger partial charge in [0.05, 0.1) is 17.8 Å². The average Bonchev–Trinajstić information content (AvgIpc) is 2.97. The van der Waals surface area contributed by atoms with Crippen molar-refractivity contribution in [2.24, 2.45) is 0 Å². The van der Waals surface area contributed by atoms with Crippen LogP contribution in [0, 0.1) is 13.8 Å². The van der Waals surface area contributed by atoms with Crippen LogP contribution in [0.5, 0.6) is 0 Å². The predicted molar refractivity (Wildman–Crippen MR) is 89.6 cm³/mol. The molecule has 2 aromatic rings. The standard InChI is InChI=1S/C16H22N4OS/c1-6-7-14-11(4)19-20(12(14)5)16-18-13(9-22-16)8-15(21)17-10(2)3/h6,9-10H,1,7-8H2,2-5H3,(H,17,21). The van der Waals surface area contributed by atoms with Crippen molar-refractivity contribution < 1.29 is 4.79 Å². The molecule has 0 fully saturated rings. The van der Waals surface area contributed by atoms with Gasteiger partial charge in [-0.25, -0.2) is 9.67 Å². The van der Waals surface area contributed by atoms with Crippen molar-refractivity contribution in [3.05, 3.63) is 40.7 Å². The van der Waals surface area contributed by atoms with Crippen LogP contribution in [-0.4, -0.2) is 26.7 Å². The molecule has 0 radical (unpaired) electrons. The zero-order valence-electron chi connectivity index (χ0n) is 13.5. The smallest absolute Gasteiger partial charge is 0.226 e. The quantitative estimate of drug-likeness (QED) is 0.833. The number of aryl methyl sites for hydroxylation is 1. The lowest BCUT2D eigenvalue weighted by atomic mass is 10.1. The summed E-state index contributed by atoms with van der Waals surface area (Å²) in [5.41, 5.74) is 4.02. The summed E-state index contributed by atoms with van der Waals surface area (Å²) in [6.45, 7) is 11.7. The fraction of sp³-hybridized carbons (Fsp3) is 0.438. The second kappa shape index (κ2) is 6.87. The molecule has 0 aliphatic rings. The molecule has 1 amide bonds. The number of carbonyl (C=O) groups excluding carboxylic acids is 1. The molecule has 0 unspecified atom stereocenters. The van der Waals surface area contributed by atoms with Crippen LogP contribution in [0.2, 0.25) is 0 Å². The number of hydrogen-bond donors (Lipinski definition) is 1. The largest absolute Gasteiger partial charge is 0.354 e. The van der Waals surface area contributed by atoms with Crippen molar-refractivity contribution in [3.63, 3.8) is 0 Å². The number of rotatable bonds is 6. The maximum absolute atomic E-state index is 11.8. The van der Waals surface area contributed by atoms with Crippen LogP contribution < -0.4 is 5.32 Å². The summed E-state index contributed by atoms with van der Waals surface area (Å²) in [7, 11) is 0. The first-order valence-corrected chi connectivity index (χ1v) is 8.20. The second-order valence-corrected chi connectivity index (χ2v) is 6.41. The van der Waals surface area contributed by atoms with Crippen molar-refractivity contribution in [3.8, 4) is 5.13 Å². The first-order chi connectivity index (χ1) is 10.4. The van der Waals surface area contributed by atoms with Crippen molar-refractivity contribution in [2.45, 2.75) is 46.6 Å². The molecule has 2 rings (SSSR count). The van der Waals surface area contributed by atoms with Crippen molar-refractivity contribution >= 4 is 17.2 Å². The van der Waals surface area contributed by atoms with Gasteiger partial charge >= 0.3 is 0 Å². The Hall–Kier alpha value is -1.95. The summed E-state index contributed by atoms with van der Waals surface area (Å²) in [4.78, 5) is 16.3. The third kappa shape index (κ3) is 3.62. The molecule has 22 heavy (non-hydrogen) atoms. The van der Waals surface area contributed by atoms with Gasteiger partial charge in [0.15, 0.2) is 0 Å². The lowest BCUT2D eigenvalue weighted by molar-refractivity contribution is -0.120. The van der Waals surface area contributed by atoms with E-state index in [1.165, 1.54) is 16.9 Å². The first kappa shape index (κ1) is 16.4. The summed E-state index contributed by atoms with van der Waals surface area (Å²) < 4.78 is 1.85. The second-order valence-electron chi connectivity index (χ2n) is 5.57. The van der Waals surface area contributed by atoms with Crippen molar-refractivity contribution in [1.82, 2.24) is 20.1 Å². The fourth-order valence-corrected chi connectivity index (χ4v) is 3.14. The Bertz CT molecular complexity index is 684. The number of hydrogen-bond acceptors (Lipinski definition) is 4. The molecule has 0 saturated heterocycles. The summed E-state index contributed by atoms with van der Waals surface area (Å²) in [5.74, 6) is -0.00689. The van der Waals surface area contributed by atoms with Gasteiger partial charge in [0.25, 0.3) is 0 Å². The van der Waals surface area contributed by atoms with E-state index in [2.05, 4.69) is 22.0 Å². The SMILES string of the molecule is C=CCc1c(C)nn(-c2nc(CC(=O)NC(C)C)cs2)c1C. The van der Waals surface area contributed by atoms with E-state index in [1.54, 1.807) is 0 Å². The zero-order chi connectivity index (χ0) is 16.3. The van der Waals surface area contributed by atoms with Crippen molar-refractivity contribution in [1.29, 1.82) is 0 Å². The van der Waals surface area contributed by atoms with Crippen LogP contribution >= 0.6 is 11.3 Å². The van der Waals surface area contributed by atoms with Gasteiger partial charge in [-0.2, -0.15) is 5.10 Å². The molecule has 1 N–H and O–H groups in total. The minimum absolute atomic E-state index is 0.00689. The van der Waals surface area contributed by atoms with E-state index >= 15 is 0 Å². The molecule has 2 heterocycles.